The Labute approximate surface area is 156 Å². The van der Waals surface area contributed by atoms with Crippen LogP contribution >= 0.6 is 0 Å². The number of carbonyl (C=O) groups is 2. The van der Waals surface area contributed by atoms with E-state index in [-0.39, 0.29) is 5.69 Å². The first-order valence-corrected chi connectivity index (χ1v) is 8.43. The first-order valence-electron chi connectivity index (χ1n) is 8.43. The third-order valence-electron chi connectivity index (χ3n) is 6.14. The molecule has 4 rings (SSSR count). The topological polar surface area (TPSA) is 111 Å². The van der Waals surface area contributed by atoms with Gasteiger partial charge in [-0.1, -0.05) is 0 Å². The van der Waals surface area contributed by atoms with Crippen molar-refractivity contribution in [1.29, 1.82) is 5.26 Å². The Kier molecular flexibility index (Phi) is 3.58. The molecular formula is C18H15F3N2O5. The number of nitriles is 1. The van der Waals surface area contributed by atoms with Gasteiger partial charge in [0.1, 0.15) is 23.4 Å². The van der Waals surface area contributed by atoms with Crippen LogP contribution in [0.5, 0.6) is 0 Å². The molecule has 148 valence electrons. The standard InChI is InChI=1S/C18H15F3N2O5/c1-16-10-11(17(2,28-16)13(25)12(16)24)15(27)23(14(10)26)8-4-3-7(6-22)9(5-8)18(19,20)21/h3-5,10-13,24-25H,1-2H3/t10-,11+,12-,13-,16+,17?/m1/s1. The van der Waals surface area contributed by atoms with E-state index in [1.54, 1.807) is 0 Å². The maximum atomic E-state index is 13.3. The second-order valence-electron chi connectivity index (χ2n) is 7.67. The number of benzene rings is 1. The van der Waals surface area contributed by atoms with Gasteiger partial charge in [-0.25, -0.2) is 4.90 Å². The van der Waals surface area contributed by atoms with Crippen molar-refractivity contribution in [1.82, 2.24) is 0 Å². The number of nitrogens with zero attached hydrogens (tertiary/aromatic N) is 2. The number of alkyl halides is 3. The normalized spacial score (nSPS) is 39.4. The minimum Gasteiger partial charge on any atom is -0.387 e. The van der Waals surface area contributed by atoms with Crippen LogP contribution in [0.2, 0.25) is 0 Å². The number of rotatable bonds is 1. The number of fused-ring (bicyclic) bond motifs is 5. The van der Waals surface area contributed by atoms with Crippen molar-refractivity contribution in [2.45, 2.75) is 43.4 Å². The van der Waals surface area contributed by atoms with Gasteiger partial charge in [0, 0.05) is 0 Å². The molecule has 7 nitrogen and oxygen atoms in total. The van der Waals surface area contributed by atoms with Crippen LogP contribution in [0.25, 0.3) is 0 Å². The van der Waals surface area contributed by atoms with E-state index in [9.17, 15) is 33.0 Å². The largest absolute Gasteiger partial charge is 0.417 e. The molecule has 6 atom stereocenters. The van der Waals surface area contributed by atoms with Crippen molar-refractivity contribution < 1.29 is 37.7 Å². The highest BCUT2D eigenvalue weighted by atomic mass is 19.4. The van der Waals surface area contributed by atoms with Crippen LogP contribution in [-0.2, 0) is 20.5 Å². The molecule has 1 aromatic carbocycles. The zero-order valence-corrected chi connectivity index (χ0v) is 14.7. The first kappa shape index (κ1) is 18.9. The molecule has 10 heteroatoms. The molecule has 0 radical (unpaired) electrons. The van der Waals surface area contributed by atoms with Crippen LogP contribution in [0.15, 0.2) is 18.2 Å². The van der Waals surface area contributed by atoms with Crippen molar-refractivity contribution >= 4 is 17.5 Å². The highest BCUT2D eigenvalue weighted by molar-refractivity contribution is 6.23. The lowest BCUT2D eigenvalue weighted by atomic mass is 9.66. The second kappa shape index (κ2) is 5.31. The van der Waals surface area contributed by atoms with Gasteiger partial charge in [0.15, 0.2) is 0 Å². The van der Waals surface area contributed by atoms with Crippen LogP contribution in [0, 0.1) is 23.2 Å². The monoisotopic (exact) mass is 396 g/mol. The zero-order valence-electron chi connectivity index (χ0n) is 14.7. The van der Waals surface area contributed by atoms with Crippen LogP contribution in [0.4, 0.5) is 18.9 Å². The number of amides is 2. The summed E-state index contributed by atoms with van der Waals surface area (Å²) in [6.45, 7) is 2.79. The Balaban J connectivity index is 1.82. The summed E-state index contributed by atoms with van der Waals surface area (Å²) in [4.78, 5) is 26.6. The maximum absolute atomic E-state index is 13.3. The van der Waals surface area contributed by atoms with E-state index in [0.717, 1.165) is 12.1 Å². The number of anilines is 1. The Hall–Kier alpha value is -2.48. The van der Waals surface area contributed by atoms with Gasteiger partial charge in [-0.3, -0.25) is 9.59 Å². The van der Waals surface area contributed by atoms with Crippen molar-refractivity contribution in [2.75, 3.05) is 4.90 Å². The molecule has 1 unspecified atom stereocenters. The molecule has 2 amide bonds. The molecule has 0 aromatic heterocycles. The fourth-order valence-electron chi connectivity index (χ4n) is 4.80. The minimum atomic E-state index is -4.85. The van der Waals surface area contributed by atoms with Gasteiger partial charge in [0.25, 0.3) is 0 Å². The molecule has 2 bridgehead atoms. The molecule has 0 saturated carbocycles. The number of carbonyl (C=O) groups excluding carboxylic acids is 2. The Morgan fingerprint density at radius 1 is 1.11 bits per heavy atom. The van der Waals surface area contributed by atoms with Gasteiger partial charge in [0.05, 0.1) is 34.7 Å². The summed E-state index contributed by atoms with van der Waals surface area (Å²) in [5.74, 6) is -3.92. The number of ether oxygens (including phenoxy) is 1. The fraction of sp³-hybridized carbons (Fsp3) is 0.500. The Morgan fingerprint density at radius 2 is 1.61 bits per heavy atom. The molecule has 28 heavy (non-hydrogen) atoms. The lowest BCUT2D eigenvalue weighted by molar-refractivity contribution is -0.138. The Morgan fingerprint density at radius 3 is 2.04 bits per heavy atom. The van der Waals surface area contributed by atoms with Crippen molar-refractivity contribution in [3.8, 4) is 6.07 Å². The van der Waals surface area contributed by atoms with Gasteiger partial charge in [-0.05, 0) is 32.0 Å². The molecule has 1 aromatic rings. The number of aliphatic hydroxyl groups is 2. The summed E-state index contributed by atoms with van der Waals surface area (Å²) in [7, 11) is 0. The molecule has 3 aliphatic heterocycles. The SMILES string of the molecule is CC12O[C@](C)([C@H](O)[C@H]1O)[C@H]1C(=O)N(c3ccc(C#N)c(C(F)(F)F)c3)C(=O)[C@H]12. The van der Waals surface area contributed by atoms with Crippen molar-refractivity contribution in [2.24, 2.45) is 11.8 Å². The third-order valence-corrected chi connectivity index (χ3v) is 6.14. The van der Waals surface area contributed by atoms with Gasteiger partial charge in [-0.15, -0.1) is 0 Å². The van der Waals surface area contributed by atoms with Crippen LogP contribution in [0.1, 0.15) is 25.0 Å². The summed E-state index contributed by atoms with van der Waals surface area (Å²) in [6, 6.07) is 4.00. The smallest absolute Gasteiger partial charge is 0.387 e. The number of hydrogen-bond donors (Lipinski definition) is 2. The summed E-state index contributed by atoms with van der Waals surface area (Å²) in [6.07, 6.45) is -7.71. The summed E-state index contributed by atoms with van der Waals surface area (Å²) < 4.78 is 45.5. The highest BCUT2D eigenvalue weighted by Crippen LogP contribution is 2.61. The zero-order chi connectivity index (χ0) is 20.8. The van der Waals surface area contributed by atoms with E-state index < -0.39 is 64.4 Å². The molecular weight excluding hydrogens is 381 g/mol. The predicted octanol–water partition coefficient (Wildman–Crippen LogP) is 0.966. The molecule has 3 heterocycles. The predicted molar refractivity (Wildman–Crippen MR) is 85.5 cm³/mol. The van der Waals surface area contributed by atoms with E-state index in [1.165, 1.54) is 19.9 Å². The molecule has 3 fully saturated rings. The third kappa shape index (κ3) is 2.04. The average molecular weight is 396 g/mol. The lowest BCUT2D eigenvalue weighted by Crippen LogP contribution is -2.57. The van der Waals surface area contributed by atoms with Gasteiger partial charge in [0.2, 0.25) is 11.8 Å². The van der Waals surface area contributed by atoms with Crippen LogP contribution < -0.4 is 4.90 Å². The number of halogens is 3. The lowest BCUT2D eigenvalue weighted by Gasteiger charge is -2.35. The van der Waals surface area contributed by atoms with Crippen LogP contribution in [-0.4, -0.2) is 45.4 Å². The van der Waals surface area contributed by atoms with Gasteiger partial charge >= 0.3 is 6.18 Å². The van der Waals surface area contributed by atoms with Gasteiger partial charge in [-0.2, -0.15) is 18.4 Å². The number of hydrogen-bond acceptors (Lipinski definition) is 6. The fourth-order valence-corrected chi connectivity index (χ4v) is 4.80. The van der Waals surface area contributed by atoms with Gasteiger partial charge < -0.3 is 14.9 Å². The molecule has 2 N–H and O–H groups in total. The molecule has 0 spiro atoms. The average Bonchev–Trinajstić information content (AvgIpc) is 3.10. The number of aliphatic hydroxyl groups excluding tert-OH is 2. The van der Waals surface area contributed by atoms with Crippen molar-refractivity contribution in [3.63, 3.8) is 0 Å². The summed E-state index contributed by atoms with van der Waals surface area (Å²) in [5.41, 5.74) is -5.31. The van der Waals surface area contributed by atoms with E-state index in [2.05, 4.69) is 0 Å². The van der Waals surface area contributed by atoms with E-state index in [0.29, 0.717) is 11.0 Å². The van der Waals surface area contributed by atoms with Crippen LogP contribution in [0.3, 0.4) is 0 Å². The summed E-state index contributed by atoms with van der Waals surface area (Å²) in [5, 5.41) is 29.5. The van der Waals surface area contributed by atoms with E-state index in [1.807, 2.05) is 0 Å². The summed E-state index contributed by atoms with van der Waals surface area (Å²) >= 11 is 0. The first-order chi connectivity index (χ1) is 12.9. The van der Waals surface area contributed by atoms with Crippen molar-refractivity contribution in [3.05, 3.63) is 29.3 Å². The number of imide groups is 1. The van der Waals surface area contributed by atoms with E-state index >= 15 is 0 Å². The van der Waals surface area contributed by atoms with E-state index in [4.69, 9.17) is 10.00 Å². The quantitative estimate of drug-likeness (QED) is 0.685. The molecule has 3 aliphatic rings. The Bertz CT molecular complexity index is 920. The maximum Gasteiger partial charge on any atom is 0.417 e. The second-order valence-corrected chi connectivity index (χ2v) is 7.67. The minimum absolute atomic E-state index is 0.327. The molecule has 3 saturated heterocycles. The highest BCUT2D eigenvalue weighted by Gasteiger charge is 2.79. The molecule has 0 aliphatic carbocycles.